The zero-order valence-electron chi connectivity index (χ0n) is 15.3. The van der Waals surface area contributed by atoms with Crippen molar-refractivity contribution in [2.24, 2.45) is 0 Å². The molecule has 2 heterocycles. The Bertz CT molecular complexity index is 694. The van der Waals surface area contributed by atoms with E-state index in [1.807, 2.05) is 12.1 Å². The van der Waals surface area contributed by atoms with Gasteiger partial charge in [-0.3, -0.25) is 4.79 Å². The van der Waals surface area contributed by atoms with Crippen LogP contribution in [0.3, 0.4) is 0 Å². The van der Waals surface area contributed by atoms with Crippen LogP contribution >= 0.6 is 12.4 Å². The zero-order chi connectivity index (χ0) is 17.6. The number of hydrogen-bond donors (Lipinski definition) is 2. The molecule has 0 spiro atoms. The van der Waals surface area contributed by atoms with Crippen molar-refractivity contribution in [3.63, 3.8) is 0 Å². The quantitative estimate of drug-likeness (QED) is 0.807. The lowest BCUT2D eigenvalue weighted by Crippen LogP contribution is -2.42. The summed E-state index contributed by atoms with van der Waals surface area (Å²) in [6, 6.07) is 8.47. The molecule has 2 aromatic rings. The first-order chi connectivity index (χ1) is 12.1. The molecular weight excluding hydrogens is 352 g/mol. The van der Waals surface area contributed by atoms with Crippen LogP contribution in [0.2, 0.25) is 0 Å². The van der Waals surface area contributed by atoms with Gasteiger partial charge in [0.2, 0.25) is 17.6 Å². The summed E-state index contributed by atoms with van der Waals surface area (Å²) in [7, 11) is 0. The molecule has 1 aromatic carbocycles. The van der Waals surface area contributed by atoms with Crippen LogP contribution in [0.4, 0.5) is 0 Å². The molecule has 2 N–H and O–H groups in total. The summed E-state index contributed by atoms with van der Waals surface area (Å²) in [5.74, 6) is 1.62. The van der Waals surface area contributed by atoms with Crippen molar-refractivity contribution in [3.8, 4) is 11.4 Å². The Morgan fingerprint density at radius 1 is 1.27 bits per heavy atom. The second-order valence-electron chi connectivity index (χ2n) is 6.88. The van der Waals surface area contributed by atoms with Crippen molar-refractivity contribution in [1.82, 2.24) is 20.8 Å². The minimum atomic E-state index is 0. The molecule has 142 valence electrons. The van der Waals surface area contributed by atoms with Crippen molar-refractivity contribution < 1.29 is 9.32 Å². The summed E-state index contributed by atoms with van der Waals surface area (Å²) in [6.45, 7) is 6.26. The molecule has 1 amide bonds. The Balaban J connectivity index is 0.00000243. The largest absolute Gasteiger partial charge is 0.353 e. The third kappa shape index (κ3) is 5.54. The van der Waals surface area contributed by atoms with E-state index in [4.69, 9.17) is 4.52 Å². The van der Waals surface area contributed by atoms with Crippen molar-refractivity contribution in [2.45, 2.75) is 51.5 Å². The van der Waals surface area contributed by atoms with Crippen LogP contribution in [0.5, 0.6) is 0 Å². The van der Waals surface area contributed by atoms with Gasteiger partial charge in [0.1, 0.15) is 0 Å². The number of aryl methyl sites for hydroxylation is 1. The van der Waals surface area contributed by atoms with Crippen molar-refractivity contribution >= 4 is 18.3 Å². The number of piperidine rings is 1. The fourth-order valence-corrected chi connectivity index (χ4v) is 2.98. The maximum Gasteiger partial charge on any atom is 0.227 e. The summed E-state index contributed by atoms with van der Waals surface area (Å²) in [4.78, 5) is 16.4. The molecule has 0 unspecified atom stereocenters. The van der Waals surface area contributed by atoms with Crippen molar-refractivity contribution in [1.29, 1.82) is 0 Å². The maximum absolute atomic E-state index is 12.0. The number of carbonyl (C=O) groups is 1. The highest BCUT2D eigenvalue weighted by Crippen LogP contribution is 2.20. The molecule has 0 atom stereocenters. The summed E-state index contributed by atoms with van der Waals surface area (Å²) >= 11 is 0. The molecular formula is C19H27ClN4O2. The molecule has 6 nitrogen and oxygen atoms in total. The Morgan fingerprint density at radius 2 is 1.96 bits per heavy atom. The van der Waals surface area contributed by atoms with E-state index in [2.05, 4.69) is 46.8 Å². The number of benzene rings is 1. The van der Waals surface area contributed by atoms with E-state index in [-0.39, 0.29) is 24.4 Å². The molecule has 3 rings (SSSR count). The van der Waals surface area contributed by atoms with Gasteiger partial charge < -0.3 is 15.2 Å². The lowest BCUT2D eigenvalue weighted by molar-refractivity contribution is -0.122. The number of halogens is 1. The molecule has 7 heteroatoms. The van der Waals surface area contributed by atoms with E-state index in [1.165, 1.54) is 5.56 Å². The molecule has 0 saturated carbocycles. The van der Waals surface area contributed by atoms with Crippen LogP contribution in [-0.2, 0) is 11.2 Å². The molecule has 0 aliphatic carbocycles. The first-order valence-corrected chi connectivity index (χ1v) is 9.05. The number of nitrogens with zero attached hydrogens (tertiary/aromatic N) is 2. The van der Waals surface area contributed by atoms with Crippen LogP contribution < -0.4 is 10.6 Å². The number of rotatable bonds is 6. The topological polar surface area (TPSA) is 80.0 Å². The van der Waals surface area contributed by atoms with Gasteiger partial charge in [-0.1, -0.05) is 43.3 Å². The molecule has 1 fully saturated rings. The summed E-state index contributed by atoms with van der Waals surface area (Å²) in [5, 5.41) is 10.4. The summed E-state index contributed by atoms with van der Waals surface area (Å²) in [6.07, 6.45) is 2.82. The third-order valence-corrected chi connectivity index (χ3v) is 4.57. The van der Waals surface area contributed by atoms with E-state index in [0.29, 0.717) is 30.5 Å². The predicted octanol–water partition coefficient (Wildman–Crippen LogP) is 3.08. The van der Waals surface area contributed by atoms with Crippen LogP contribution in [0, 0.1) is 0 Å². The van der Waals surface area contributed by atoms with Crippen LogP contribution in [0.1, 0.15) is 50.5 Å². The van der Waals surface area contributed by atoms with Crippen LogP contribution in [0.25, 0.3) is 11.4 Å². The normalized spacial score (nSPS) is 14.9. The van der Waals surface area contributed by atoms with Crippen molar-refractivity contribution in [3.05, 3.63) is 35.7 Å². The van der Waals surface area contributed by atoms with Gasteiger partial charge in [-0.05, 0) is 37.4 Å². The first kappa shape index (κ1) is 20.4. The second kappa shape index (κ2) is 9.69. The maximum atomic E-state index is 12.0. The van der Waals surface area contributed by atoms with E-state index >= 15 is 0 Å². The molecule has 0 bridgehead atoms. The van der Waals surface area contributed by atoms with Gasteiger partial charge in [0.05, 0.1) is 0 Å². The smallest absolute Gasteiger partial charge is 0.227 e. The highest BCUT2D eigenvalue weighted by atomic mass is 35.5. The Morgan fingerprint density at radius 3 is 2.62 bits per heavy atom. The van der Waals surface area contributed by atoms with Crippen molar-refractivity contribution in [2.75, 3.05) is 13.1 Å². The SMILES string of the molecule is CC(C)c1ccc(-c2noc(CCC(=O)NC3CCNCC3)n2)cc1.Cl. The molecule has 26 heavy (non-hydrogen) atoms. The minimum absolute atomic E-state index is 0. The number of aromatic nitrogens is 2. The lowest BCUT2D eigenvalue weighted by Gasteiger charge is -2.23. The number of hydrogen-bond acceptors (Lipinski definition) is 5. The fourth-order valence-electron chi connectivity index (χ4n) is 2.98. The van der Waals surface area contributed by atoms with Crippen LogP contribution in [0.15, 0.2) is 28.8 Å². The minimum Gasteiger partial charge on any atom is -0.353 e. The number of carbonyl (C=O) groups excluding carboxylic acids is 1. The predicted molar refractivity (Wildman–Crippen MR) is 103 cm³/mol. The molecule has 1 aromatic heterocycles. The zero-order valence-corrected chi connectivity index (χ0v) is 16.1. The monoisotopic (exact) mass is 378 g/mol. The van der Waals surface area contributed by atoms with Gasteiger partial charge in [0, 0.05) is 24.4 Å². The second-order valence-corrected chi connectivity index (χ2v) is 6.88. The van der Waals surface area contributed by atoms with Gasteiger partial charge >= 0.3 is 0 Å². The lowest BCUT2D eigenvalue weighted by atomic mass is 10.0. The van der Waals surface area contributed by atoms with Gasteiger partial charge in [-0.15, -0.1) is 12.4 Å². The Hall–Kier alpha value is -1.92. The van der Waals surface area contributed by atoms with E-state index in [9.17, 15) is 4.79 Å². The first-order valence-electron chi connectivity index (χ1n) is 9.05. The third-order valence-electron chi connectivity index (χ3n) is 4.57. The van der Waals surface area contributed by atoms with E-state index in [0.717, 1.165) is 31.5 Å². The van der Waals surface area contributed by atoms with E-state index in [1.54, 1.807) is 0 Å². The molecule has 0 radical (unpaired) electrons. The summed E-state index contributed by atoms with van der Waals surface area (Å²) in [5.41, 5.74) is 2.21. The fraction of sp³-hybridized carbons (Fsp3) is 0.526. The summed E-state index contributed by atoms with van der Waals surface area (Å²) < 4.78 is 5.29. The molecule has 1 saturated heterocycles. The Labute approximate surface area is 160 Å². The average molecular weight is 379 g/mol. The Kier molecular flexibility index (Phi) is 7.60. The standard InChI is InChI=1S/C19H26N4O2.ClH/c1-13(2)14-3-5-15(6-4-14)19-22-18(25-23-19)8-7-17(24)21-16-9-11-20-12-10-16;/h3-6,13,16,20H,7-12H2,1-2H3,(H,21,24);1H. The van der Waals surface area contributed by atoms with Gasteiger partial charge in [-0.25, -0.2) is 0 Å². The van der Waals surface area contributed by atoms with E-state index < -0.39 is 0 Å². The van der Waals surface area contributed by atoms with Crippen LogP contribution in [-0.4, -0.2) is 35.2 Å². The average Bonchev–Trinajstić information content (AvgIpc) is 3.10. The molecule has 1 aliphatic heterocycles. The van der Waals surface area contributed by atoms with Gasteiger partial charge in [-0.2, -0.15) is 4.98 Å². The highest BCUT2D eigenvalue weighted by Gasteiger charge is 2.16. The highest BCUT2D eigenvalue weighted by molar-refractivity contribution is 5.85. The molecule has 1 aliphatic rings. The number of amides is 1. The number of nitrogens with one attached hydrogen (secondary N) is 2. The van der Waals surface area contributed by atoms with Gasteiger partial charge in [0.25, 0.3) is 0 Å². The van der Waals surface area contributed by atoms with Gasteiger partial charge in [0.15, 0.2) is 0 Å².